The highest BCUT2D eigenvalue weighted by atomic mass is 16.1. The third-order valence-electron chi connectivity index (χ3n) is 3.28. The van der Waals surface area contributed by atoms with Gasteiger partial charge < -0.3 is 5.32 Å². The van der Waals surface area contributed by atoms with Crippen molar-refractivity contribution in [2.24, 2.45) is 0 Å². The molecule has 2 nitrogen and oxygen atoms in total. The molecule has 0 aromatic heterocycles. The second kappa shape index (κ2) is 5.26. The van der Waals surface area contributed by atoms with Crippen LogP contribution in [0.25, 0.3) is 0 Å². The van der Waals surface area contributed by atoms with Gasteiger partial charge in [0.05, 0.1) is 6.54 Å². The van der Waals surface area contributed by atoms with Crippen LogP contribution in [0.2, 0.25) is 0 Å². The molecular weight excluding hydrogens is 198 g/mol. The van der Waals surface area contributed by atoms with E-state index in [-0.39, 0.29) is 5.78 Å². The van der Waals surface area contributed by atoms with E-state index in [0.717, 1.165) is 5.56 Å². The van der Waals surface area contributed by atoms with Crippen LogP contribution in [0.4, 0.5) is 0 Å². The number of Topliss-reactive ketones (excluding diaryl/α,β-unsaturated/α-hetero) is 1. The van der Waals surface area contributed by atoms with E-state index in [1.807, 2.05) is 31.2 Å². The van der Waals surface area contributed by atoms with Crippen molar-refractivity contribution in [1.82, 2.24) is 5.32 Å². The van der Waals surface area contributed by atoms with Gasteiger partial charge in [-0.15, -0.1) is 0 Å². The molecular formula is C14H19NO. The average molecular weight is 217 g/mol. The van der Waals surface area contributed by atoms with Crippen LogP contribution in [0, 0.1) is 6.92 Å². The zero-order valence-corrected chi connectivity index (χ0v) is 9.83. The second-order valence-corrected chi connectivity index (χ2v) is 4.65. The van der Waals surface area contributed by atoms with Gasteiger partial charge >= 0.3 is 0 Å². The summed E-state index contributed by atoms with van der Waals surface area (Å²) in [5.74, 6) is 0.201. The Morgan fingerprint density at radius 2 is 1.88 bits per heavy atom. The number of hydrogen-bond donors (Lipinski definition) is 1. The fourth-order valence-corrected chi connectivity index (χ4v) is 2.21. The third-order valence-corrected chi connectivity index (χ3v) is 3.28. The van der Waals surface area contributed by atoms with E-state index in [1.165, 1.54) is 31.2 Å². The van der Waals surface area contributed by atoms with E-state index < -0.39 is 0 Å². The number of benzene rings is 1. The van der Waals surface area contributed by atoms with E-state index in [0.29, 0.717) is 12.6 Å². The van der Waals surface area contributed by atoms with Gasteiger partial charge in [0, 0.05) is 11.6 Å². The summed E-state index contributed by atoms with van der Waals surface area (Å²) in [6, 6.07) is 8.36. The second-order valence-electron chi connectivity index (χ2n) is 4.65. The van der Waals surface area contributed by atoms with Gasteiger partial charge in [-0.25, -0.2) is 0 Å². The van der Waals surface area contributed by atoms with Crippen molar-refractivity contribution in [2.45, 2.75) is 38.6 Å². The van der Waals surface area contributed by atoms with E-state index in [9.17, 15) is 4.79 Å². The minimum atomic E-state index is 0.201. The fourth-order valence-electron chi connectivity index (χ4n) is 2.21. The van der Waals surface area contributed by atoms with E-state index in [1.54, 1.807) is 0 Å². The first-order valence-corrected chi connectivity index (χ1v) is 6.09. The van der Waals surface area contributed by atoms with Gasteiger partial charge in [0.15, 0.2) is 5.78 Å². The number of ketones is 1. The normalized spacial score (nSPS) is 16.6. The molecule has 1 aliphatic carbocycles. The van der Waals surface area contributed by atoms with Crippen LogP contribution in [0.5, 0.6) is 0 Å². The molecule has 0 spiro atoms. The first-order valence-electron chi connectivity index (χ1n) is 6.09. The molecule has 0 radical (unpaired) electrons. The van der Waals surface area contributed by atoms with Crippen molar-refractivity contribution >= 4 is 5.78 Å². The van der Waals surface area contributed by atoms with Gasteiger partial charge in [0.25, 0.3) is 0 Å². The summed E-state index contributed by atoms with van der Waals surface area (Å²) in [6.07, 6.45) is 5.05. The standard InChI is InChI=1S/C14H19NO/c1-11-6-8-12(9-7-11)14(16)10-15-13-4-2-3-5-13/h6-9,13,15H,2-5,10H2,1H3. The lowest BCUT2D eigenvalue weighted by molar-refractivity contribution is 0.0987. The topological polar surface area (TPSA) is 29.1 Å². The highest BCUT2D eigenvalue weighted by molar-refractivity contribution is 5.97. The van der Waals surface area contributed by atoms with Crippen molar-refractivity contribution in [3.05, 3.63) is 35.4 Å². The smallest absolute Gasteiger partial charge is 0.176 e. The quantitative estimate of drug-likeness (QED) is 0.786. The van der Waals surface area contributed by atoms with Gasteiger partial charge in [-0.1, -0.05) is 42.7 Å². The summed E-state index contributed by atoms with van der Waals surface area (Å²) in [6.45, 7) is 2.51. The fraction of sp³-hybridized carbons (Fsp3) is 0.500. The van der Waals surface area contributed by atoms with Gasteiger partial charge in [-0.2, -0.15) is 0 Å². The number of carbonyl (C=O) groups is 1. The minimum Gasteiger partial charge on any atom is -0.307 e. The van der Waals surface area contributed by atoms with Crippen molar-refractivity contribution in [1.29, 1.82) is 0 Å². The number of nitrogens with one attached hydrogen (secondary N) is 1. The van der Waals surface area contributed by atoms with E-state index in [4.69, 9.17) is 0 Å². The zero-order chi connectivity index (χ0) is 11.4. The molecule has 1 aromatic rings. The highest BCUT2D eigenvalue weighted by Crippen LogP contribution is 2.17. The van der Waals surface area contributed by atoms with Crippen LogP contribution < -0.4 is 5.32 Å². The van der Waals surface area contributed by atoms with Crippen LogP contribution in [0.1, 0.15) is 41.6 Å². The molecule has 16 heavy (non-hydrogen) atoms. The lowest BCUT2D eigenvalue weighted by Gasteiger charge is -2.10. The van der Waals surface area contributed by atoms with Crippen LogP contribution in [-0.2, 0) is 0 Å². The molecule has 1 saturated carbocycles. The van der Waals surface area contributed by atoms with Gasteiger partial charge in [0.2, 0.25) is 0 Å². The largest absolute Gasteiger partial charge is 0.307 e. The summed E-state index contributed by atoms with van der Waals surface area (Å²) in [7, 11) is 0. The SMILES string of the molecule is Cc1ccc(C(=O)CNC2CCCC2)cc1. The molecule has 0 heterocycles. The predicted molar refractivity (Wildman–Crippen MR) is 65.8 cm³/mol. The summed E-state index contributed by atoms with van der Waals surface area (Å²) in [5.41, 5.74) is 2.01. The Hall–Kier alpha value is -1.15. The Morgan fingerprint density at radius 1 is 1.25 bits per heavy atom. The highest BCUT2D eigenvalue weighted by Gasteiger charge is 2.15. The molecule has 0 amide bonds. The van der Waals surface area contributed by atoms with Crippen molar-refractivity contribution in [3.63, 3.8) is 0 Å². The van der Waals surface area contributed by atoms with Crippen molar-refractivity contribution in [3.8, 4) is 0 Å². The summed E-state index contributed by atoms with van der Waals surface area (Å²) < 4.78 is 0. The Balaban J connectivity index is 1.85. The Morgan fingerprint density at radius 3 is 2.50 bits per heavy atom. The number of carbonyl (C=O) groups excluding carboxylic acids is 1. The maximum absolute atomic E-state index is 11.9. The lowest BCUT2D eigenvalue weighted by Crippen LogP contribution is -2.31. The predicted octanol–water partition coefficient (Wildman–Crippen LogP) is 2.71. The lowest BCUT2D eigenvalue weighted by atomic mass is 10.1. The molecule has 1 N–H and O–H groups in total. The molecule has 1 aliphatic rings. The van der Waals surface area contributed by atoms with Crippen LogP contribution >= 0.6 is 0 Å². The summed E-state index contributed by atoms with van der Waals surface area (Å²) >= 11 is 0. The van der Waals surface area contributed by atoms with Crippen molar-refractivity contribution in [2.75, 3.05) is 6.54 Å². The zero-order valence-electron chi connectivity index (χ0n) is 9.83. The molecule has 0 unspecified atom stereocenters. The number of aryl methyl sites for hydroxylation is 1. The average Bonchev–Trinajstić information content (AvgIpc) is 2.80. The Labute approximate surface area is 97.1 Å². The van der Waals surface area contributed by atoms with Gasteiger partial charge in [-0.3, -0.25) is 4.79 Å². The van der Waals surface area contributed by atoms with Crippen LogP contribution in [0.3, 0.4) is 0 Å². The molecule has 0 atom stereocenters. The Bertz CT molecular complexity index is 350. The van der Waals surface area contributed by atoms with E-state index >= 15 is 0 Å². The number of rotatable bonds is 4. The molecule has 0 bridgehead atoms. The van der Waals surface area contributed by atoms with Gasteiger partial charge in [-0.05, 0) is 19.8 Å². The molecule has 1 aromatic carbocycles. The molecule has 1 fully saturated rings. The Kier molecular flexibility index (Phi) is 3.73. The summed E-state index contributed by atoms with van der Waals surface area (Å²) in [4.78, 5) is 11.9. The van der Waals surface area contributed by atoms with Gasteiger partial charge in [0.1, 0.15) is 0 Å². The molecule has 0 saturated heterocycles. The first kappa shape index (κ1) is 11.3. The molecule has 0 aliphatic heterocycles. The van der Waals surface area contributed by atoms with Crippen molar-refractivity contribution < 1.29 is 4.79 Å². The molecule has 2 heteroatoms. The maximum atomic E-state index is 11.9. The van der Waals surface area contributed by atoms with Crippen LogP contribution in [-0.4, -0.2) is 18.4 Å². The molecule has 86 valence electrons. The third kappa shape index (κ3) is 2.92. The molecule has 2 rings (SSSR count). The monoisotopic (exact) mass is 217 g/mol. The number of hydrogen-bond acceptors (Lipinski definition) is 2. The van der Waals surface area contributed by atoms with E-state index in [2.05, 4.69) is 5.32 Å². The van der Waals surface area contributed by atoms with Crippen LogP contribution in [0.15, 0.2) is 24.3 Å². The summed E-state index contributed by atoms with van der Waals surface area (Å²) in [5, 5.41) is 3.34. The minimum absolute atomic E-state index is 0.201. The first-order chi connectivity index (χ1) is 7.75. The maximum Gasteiger partial charge on any atom is 0.176 e.